The van der Waals surface area contributed by atoms with Crippen molar-refractivity contribution < 1.29 is 8.78 Å². The zero-order valence-electron chi connectivity index (χ0n) is 11.7. The smallest absolute Gasteiger partial charge is 0.137 e. The van der Waals surface area contributed by atoms with Crippen LogP contribution in [0.4, 0.5) is 8.78 Å². The Morgan fingerprint density at radius 2 is 1.90 bits per heavy atom. The number of nitrogens with one attached hydrogen (secondary N) is 1. The van der Waals surface area contributed by atoms with Gasteiger partial charge in [-0.25, -0.2) is 8.78 Å². The van der Waals surface area contributed by atoms with Gasteiger partial charge in [-0.3, -0.25) is 0 Å². The first-order valence-corrected chi connectivity index (χ1v) is 8.45. The Labute approximate surface area is 145 Å². The maximum Gasteiger partial charge on any atom is 0.137 e. The van der Waals surface area contributed by atoms with Crippen LogP contribution in [0.5, 0.6) is 0 Å². The molecule has 2 aromatic carbocycles. The lowest BCUT2D eigenvalue weighted by Gasteiger charge is -2.22. The minimum absolute atomic E-state index is 0.137. The highest BCUT2D eigenvalue weighted by Crippen LogP contribution is 2.31. The summed E-state index contributed by atoms with van der Waals surface area (Å²) in [6.07, 6.45) is 0. The molecular weight excluding hydrogens is 451 g/mol. The predicted octanol–water partition coefficient (Wildman–Crippen LogP) is 5.34. The molecule has 0 saturated heterocycles. The van der Waals surface area contributed by atoms with Crippen molar-refractivity contribution in [1.29, 1.82) is 0 Å². The molecule has 21 heavy (non-hydrogen) atoms. The van der Waals surface area contributed by atoms with E-state index < -0.39 is 11.6 Å². The van der Waals surface area contributed by atoms with Gasteiger partial charge in [-0.15, -0.1) is 0 Å². The van der Waals surface area contributed by atoms with Crippen molar-refractivity contribution in [2.75, 3.05) is 6.54 Å². The van der Waals surface area contributed by atoms with Gasteiger partial charge in [0.05, 0.1) is 10.5 Å². The maximum atomic E-state index is 14.3. The van der Waals surface area contributed by atoms with Crippen molar-refractivity contribution in [2.45, 2.75) is 19.9 Å². The third kappa shape index (κ3) is 3.63. The Bertz CT molecular complexity index is 661. The Hall–Kier alpha value is -0.530. The molecule has 0 saturated carbocycles. The van der Waals surface area contributed by atoms with Gasteiger partial charge in [0, 0.05) is 9.13 Å². The Balaban J connectivity index is 2.59. The summed E-state index contributed by atoms with van der Waals surface area (Å²) in [6.45, 7) is 4.61. The number of hydrogen-bond acceptors (Lipinski definition) is 1. The van der Waals surface area contributed by atoms with Gasteiger partial charge in [-0.1, -0.05) is 25.1 Å². The molecule has 0 fully saturated rings. The molecule has 5 heteroatoms. The normalized spacial score (nSPS) is 12.5. The van der Waals surface area contributed by atoms with E-state index in [1.54, 1.807) is 0 Å². The van der Waals surface area contributed by atoms with Gasteiger partial charge in [-0.05, 0) is 75.2 Å². The van der Waals surface area contributed by atoms with Crippen LogP contribution < -0.4 is 5.32 Å². The molecule has 112 valence electrons. The Kier molecular flexibility index (Phi) is 5.73. The molecule has 2 rings (SSSR count). The first-order chi connectivity index (χ1) is 9.95. The molecule has 1 atom stereocenters. The fourth-order valence-electron chi connectivity index (χ4n) is 2.24. The van der Waals surface area contributed by atoms with Crippen LogP contribution in [-0.4, -0.2) is 6.54 Å². The van der Waals surface area contributed by atoms with Gasteiger partial charge >= 0.3 is 0 Å². The molecule has 0 spiro atoms. The van der Waals surface area contributed by atoms with Crippen LogP contribution in [0.25, 0.3) is 0 Å². The third-order valence-electron chi connectivity index (χ3n) is 3.29. The van der Waals surface area contributed by atoms with E-state index in [1.165, 1.54) is 12.1 Å². The average Bonchev–Trinajstić information content (AvgIpc) is 2.44. The molecular formula is C16H15BrF2IN. The summed E-state index contributed by atoms with van der Waals surface area (Å²) in [7, 11) is 0. The zero-order chi connectivity index (χ0) is 15.6. The molecule has 1 nitrogen and oxygen atoms in total. The first-order valence-electron chi connectivity index (χ1n) is 6.58. The minimum atomic E-state index is -0.461. The Morgan fingerprint density at radius 1 is 1.19 bits per heavy atom. The molecule has 2 aromatic rings. The molecule has 1 N–H and O–H groups in total. The van der Waals surface area contributed by atoms with Crippen LogP contribution >= 0.6 is 38.5 Å². The molecule has 1 unspecified atom stereocenters. The van der Waals surface area contributed by atoms with E-state index in [0.717, 1.165) is 14.7 Å². The quantitative estimate of drug-likeness (QED) is 0.474. The van der Waals surface area contributed by atoms with E-state index in [4.69, 9.17) is 0 Å². The summed E-state index contributed by atoms with van der Waals surface area (Å²) in [4.78, 5) is 0. The van der Waals surface area contributed by atoms with Crippen LogP contribution in [0.1, 0.15) is 29.7 Å². The van der Waals surface area contributed by atoms with Gasteiger partial charge < -0.3 is 5.32 Å². The van der Waals surface area contributed by atoms with Crippen LogP contribution in [0.15, 0.2) is 34.8 Å². The molecule has 0 aromatic heterocycles. The van der Waals surface area contributed by atoms with Crippen molar-refractivity contribution in [3.63, 3.8) is 0 Å². The van der Waals surface area contributed by atoms with Gasteiger partial charge in [0.2, 0.25) is 0 Å². The van der Waals surface area contributed by atoms with Crippen LogP contribution in [0.2, 0.25) is 0 Å². The van der Waals surface area contributed by atoms with Crippen LogP contribution in [-0.2, 0) is 0 Å². The highest BCUT2D eigenvalue weighted by molar-refractivity contribution is 14.1. The van der Waals surface area contributed by atoms with Gasteiger partial charge in [0.25, 0.3) is 0 Å². The average molecular weight is 466 g/mol. The first kappa shape index (κ1) is 16.8. The van der Waals surface area contributed by atoms with Crippen LogP contribution in [0, 0.1) is 22.1 Å². The number of halogens is 4. The van der Waals surface area contributed by atoms with Crippen molar-refractivity contribution in [3.05, 3.63) is 66.7 Å². The second-order valence-electron chi connectivity index (χ2n) is 4.76. The van der Waals surface area contributed by atoms with Gasteiger partial charge in [-0.2, -0.15) is 0 Å². The van der Waals surface area contributed by atoms with Crippen molar-refractivity contribution >= 4 is 38.5 Å². The van der Waals surface area contributed by atoms with E-state index >= 15 is 0 Å². The van der Waals surface area contributed by atoms with Crippen molar-refractivity contribution in [3.8, 4) is 0 Å². The summed E-state index contributed by atoms with van der Waals surface area (Å²) < 4.78 is 29.3. The topological polar surface area (TPSA) is 12.0 Å². The summed E-state index contributed by atoms with van der Waals surface area (Å²) in [5, 5.41) is 3.24. The van der Waals surface area contributed by atoms with E-state index in [9.17, 15) is 8.78 Å². The second kappa shape index (κ2) is 7.15. The summed E-state index contributed by atoms with van der Waals surface area (Å²) in [5.41, 5.74) is 2.40. The minimum Gasteiger partial charge on any atom is -0.306 e. The molecule has 0 bridgehead atoms. The molecule has 0 amide bonds. The Morgan fingerprint density at radius 3 is 2.57 bits per heavy atom. The predicted molar refractivity (Wildman–Crippen MR) is 93.5 cm³/mol. The fourth-order valence-corrected chi connectivity index (χ4v) is 3.23. The molecule has 0 aliphatic heterocycles. The zero-order valence-corrected chi connectivity index (χ0v) is 15.4. The highest BCUT2D eigenvalue weighted by Gasteiger charge is 2.21. The lowest BCUT2D eigenvalue weighted by Crippen LogP contribution is -2.24. The highest BCUT2D eigenvalue weighted by atomic mass is 127. The lowest BCUT2D eigenvalue weighted by molar-refractivity contribution is 0.541. The summed E-state index contributed by atoms with van der Waals surface area (Å²) >= 11 is 5.26. The third-order valence-corrected chi connectivity index (χ3v) is 5.37. The molecule has 0 aliphatic rings. The van der Waals surface area contributed by atoms with E-state index in [1.807, 2.05) is 32.0 Å². The molecule has 0 aliphatic carbocycles. The lowest BCUT2D eigenvalue weighted by atomic mass is 9.96. The van der Waals surface area contributed by atoms with Gasteiger partial charge in [0.15, 0.2) is 0 Å². The largest absolute Gasteiger partial charge is 0.306 e. The number of benzene rings is 2. The standard InChI is InChI=1S/C16H15BrF2IN/c1-3-21-16(10-6-4-5-9(2)15(10)20)11-7-14(19)12(17)8-13(11)18/h4-8,16,21H,3H2,1-2H3. The van der Waals surface area contributed by atoms with Gasteiger partial charge in [0.1, 0.15) is 11.6 Å². The summed E-state index contributed by atoms with van der Waals surface area (Å²) in [6, 6.07) is 7.95. The maximum absolute atomic E-state index is 14.3. The van der Waals surface area contributed by atoms with E-state index in [2.05, 4.69) is 43.8 Å². The monoisotopic (exact) mass is 465 g/mol. The number of aryl methyl sites for hydroxylation is 1. The van der Waals surface area contributed by atoms with E-state index in [0.29, 0.717) is 12.1 Å². The number of rotatable bonds is 4. The molecule has 0 heterocycles. The molecule has 0 radical (unpaired) electrons. The fraction of sp³-hybridized carbons (Fsp3) is 0.250. The second-order valence-corrected chi connectivity index (χ2v) is 6.69. The van der Waals surface area contributed by atoms with Crippen LogP contribution in [0.3, 0.4) is 0 Å². The van der Waals surface area contributed by atoms with Crippen molar-refractivity contribution in [2.24, 2.45) is 0 Å². The SMILES string of the molecule is CCNC(c1cc(F)c(Br)cc1F)c1cccc(C)c1I. The van der Waals surface area contributed by atoms with Crippen molar-refractivity contribution in [1.82, 2.24) is 5.32 Å². The summed E-state index contributed by atoms with van der Waals surface area (Å²) in [5.74, 6) is -0.886. The number of hydrogen-bond donors (Lipinski definition) is 1. The van der Waals surface area contributed by atoms with E-state index in [-0.39, 0.29) is 10.5 Å².